The van der Waals surface area contributed by atoms with Gasteiger partial charge in [-0.2, -0.15) is 0 Å². The number of carbonyl (C=O) groups excluding carboxylic acids is 1. The van der Waals surface area contributed by atoms with Crippen molar-refractivity contribution in [3.05, 3.63) is 117 Å². The molecule has 0 bridgehead atoms. The Balaban J connectivity index is 1.82. The SMILES string of the molecule is C=C(C)CN(CC)Cc1ccc(C(=O)N[C@@H](c2ccccc2)c2ccc(Cl)cc2)c(=O)[nH]1. The van der Waals surface area contributed by atoms with Gasteiger partial charge in [0.25, 0.3) is 11.5 Å². The summed E-state index contributed by atoms with van der Waals surface area (Å²) in [6.45, 7) is 10.1. The predicted octanol–water partition coefficient (Wildman–Crippen LogP) is 4.95. The van der Waals surface area contributed by atoms with E-state index in [0.29, 0.717) is 11.6 Å². The van der Waals surface area contributed by atoms with Crippen LogP contribution in [0.2, 0.25) is 5.02 Å². The molecule has 0 aliphatic heterocycles. The maximum atomic E-state index is 13.0. The van der Waals surface area contributed by atoms with Crippen LogP contribution in [0.4, 0.5) is 0 Å². The third-order valence-corrected chi connectivity index (χ3v) is 5.41. The lowest BCUT2D eigenvalue weighted by molar-refractivity contribution is 0.0941. The van der Waals surface area contributed by atoms with E-state index in [0.717, 1.165) is 35.5 Å². The van der Waals surface area contributed by atoms with Gasteiger partial charge in [0.1, 0.15) is 5.56 Å². The fraction of sp³-hybridized carbons (Fsp3) is 0.231. The predicted molar refractivity (Wildman–Crippen MR) is 130 cm³/mol. The monoisotopic (exact) mass is 449 g/mol. The molecular formula is C26H28ClN3O2. The number of pyridine rings is 1. The molecule has 0 saturated carbocycles. The number of hydrogen-bond donors (Lipinski definition) is 2. The molecule has 0 saturated heterocycles. The van der Waals surface area contributed by atoms with Gasteiger partial charge in [-0.3, -0.25) is 14.5 Å². The highest BCUT2D eigenvalue weighted by molar-refractivity contribution is 6.30. The number of nitrogens with zero attached hydrogens (tertiary/aromatic N) is 1. The van der Waals surface area contributed by atoms with E-state index in [9.17, 15) is 9.59 Å². The number of rotatable bonds is 9. The molecule has 6 heteroatoms. The van der Waals surface area contributed by atoms with Gasteiger partial charge in [0.2, 0.25) is 0 Å². The van der Waals surface area contributed by atoms with E-state index in [-0.39, 0.29) is 5.56 Å². The summed E-state index contributed by atoms with van der Waals surface area (Å²) in [5.41, 5.74) is 3.27. The number of likely N-dealkylation sites (N-methyl/N-ethyl adjacent to an activating group) is 1. The van der Waals surface area contributed by atoms with Gasteiger partial charge in [0.05, 0.1) is 6.04 Å². The van der Waals surface area contributed by atoms with E-state index in [1.54, 1.807) is 24.3 Å². The Morgan fingerprint density at radius 2 is 1.72 bits per heavy atom. The van der Waals surface area contributed by atoms with Crippen molar-refractivity contribution < 1.29 is 4.79 Å². The van der Waals surface area contributed by atoms with E-state index < -0.39 is 17.5 Å². The Morgan fingerprint density at radius 1 is 1.06 bits per heavy atom. The Morgan fingerprint density at radius 3 is 2.31 bits per heavy atom. The molecule has 2 N–H and O–H groups in total. The number of amides is 1. The van der Waals surface area contributed by atoms with Crippen LogP contribution in [0.15, 0.2) is 83.7 Å². The fourth-order valence-corrected chi connectivity index (χ4v) is 3.68. The largest absolute Gasteiger partial charge is 0.341 e. The van der Waals surface area contributed by atoms with Crippen molar-refractivity contribution in [1.82, 2.24) is 15.2 Å². The molecule has 166 valence electrons. The standard InChI is InChI=1S/C26H28ClN3O2/c1-4-30(16-18(2)3)17-22-14-15-23(25(31)28-22)26(32)29-24(19-8-6-5-7-9-19)20-10-12-21(27)13-11-20/h5-15,24H,2,4,16-17H2,1,3H3,(H,28,31)(H,29,32)/t24-/m0/s1. The van der Waals surface area contributed by atoms with Crippen molar-refractivity contribution in [3.63, 3.8) is 0 Å². The molecule has 0 spiro atoms. The number of carbonyl (C=O) groups is 1. The molecule has 1 atom stereocenters. The van der Waals surface area contributed by atoms with Crippen LogP contribution in [0.5, 0.6) is 0 Å². The minimum absolute atomic E-state index is 0.0756. The molecule has 5 nitrogen and oxygen atoms in total. The Labute approximate surface area is 193 Å². The highest BCUT2D eigenvalue weighted by Gasteiger charge is 2.20. The van der Waals surface area contributed by atoms with Crippen molar-refractivity contribution in [2.45, 2.75) is 26.4 Å². The van der Waals surface area contributed by atoms with Gasteiger partial charge in [-0.1, -0.05) is 73.1 Å². The fourth-order valence-electron chi connectivity index (χ4n) is 3.56. The summed E-state index contributed by atoms with van der Waals surface area (Å²) < 4.78 is 0. The molecule has 1 aromatic heterocycles. The summed E-state index contributed by atoms with van der Waals surface area (Å²) in [6, 6.07) is 19.9. The average Bonchev–Trinajstić information content (AvgIpc) is 2.78. The quantitative estimate of drug-likeness (QED) is 0.454. The van der Waals surface area contributed by atoms with Crippen LogP contribution in [0.1, 0.15) is 47.1 Å². The van der Waals surface area contributed by atoms with E-state index in [2.05, 4.69) is 28.7 Å². The van der Waals surface area contributed by atoms with Crippen LogP contribution in [-0.4, -0.2) is 28.9 Å². The molecule has 3 aromatic rings. The lowest BCUT2D eigenvalue weighted by Crippen LogP contribution is -2.34. The van der Waals surface area contributed by atoms with Crippen LogP contribution in [0.3, 0.4) is 0 Å². The minimum atomic E-state index is -0.434. The lowest BCUT2D eigenvalue weighted by atomic mass is 9.98. The van der Waals surface area contributed by atoms with Gasteiger partial charge in [-0.25, -0.2) is 0 Å². The number of nitrogens with one attached hydrogen (secondary N) is 2. The van der Waals surface area contributed by atoms with Crippen molar-refractivity contribution in [2.24, 2.45) is 0 Å². The highest BCUT2D eigenvalue weighted by Crippen LogP contribution is 2.24. The lowest BCUT2D eigenvalue weighted by Gasteiger charge is -2.21. The zero-order valence-electron chi connectivity index (χ0n) is 18.4. The van der Waals surface area contributed by atoms with E-state index in [4.69, 9.17) is 11.6 Å². The maximum Gasteiger partial charge on any atom is 0.261 e. The second-order valence-electron chi connectivity index (χ2n) is 7.86. The molecule has 0 fully saturated rings. The zero-order chi connectivity index (χ0) is 23.1. The van der Waals surface area contributed by atoms with E-state index in [1.807, 2.05) is 49.4 Å². The number of H-pyrrole nitrogens is 1. The Bertz CT molecular complexity index is 1120. The Hall–Kier alpha value is -3.15. The van der Waals surface area contributed by atoms with Gasteiger partial charge < -0.3 is 10.3 Å². The van der Waals surface area contributed by atoms with Gasteiger partial charge in [-0.15, -0.1) is 0 Å². The van der Waals surface area contributed by atoms with Crippen molar-refractivity contribution in [2.75, 3.05) is 13.1 Å². The molecule has 1 heterocycles. The second kappa shape index (κ2) is 10.9. The molecule has 0 aliphatic rings. The van der Waals surface area contributed by atoms with E-state index in [1.165, 1.54) is 0 Å². The van der Waals surface area contributed by atoms with Crippen LogP contribution >= 0.6 is 11.6 Å². The van der Waals surface area contributed by atoms with Gasteiger partial charge in [-0.05, 0) is 48.9 Å². The van der Waals surface area contributed by atoms with Crippen LogP contribution < -0.4 is 10.9 Å². The Kier molecular flexibility index (Phi) is 8.03. The van der Waals surface area contributed by atoms with Crippen molar-refractivity contribution in [1.29, 1.82) is 0 Å². The number of halogens is 1. The topological polar surface area (TPSA) is 65.2 Å². The molecule has 0 unspecified atom stereocenters. The third-order valence-electron chi connectivity index (χ3n) is 5.16. The van der Waals surface area contributed by atoms with Crippen LogP contribution in [0, 0.1) is 0 Å². The molecule has 2 aromatic carbocycles. The van der Waals surface area contributed by atoms with Crippen molar-refractivity contribution in [3.8, 4) is 0 Å². The summed E-state index contributed by atoms with van der Waals surface area (Å²) in [5, 5.41) is 3.62. The number of hydrogen-bond acceptors (Lipinski definition) is 3. The third kappa shape index (κ3) is 6.19. The zero-order valence-corrected chi connectivity index (χ0v) is 19.2. The molecular weight excluding hydrogens is 422 g/mol. The van der Waals surface area contributed by atoms with Crippen LogP contribution in [-0.2, 0) is 6.54 Å². The normalized spacial score (nSPS) is 11.9. The summed E-state index contributed by atoms with van der Waals surface area (Å²) in [7, 11) is 0. The van der Waals surface area contributed by atoms with Crippen molar-refractivity contribution >= 4 is 17.5 Å². The van der Waals surface area contributed by atoms with Gasteiger partial charge in [0.15, 0.2) is 0 Å². The van der Waals surface area contributed by atoms with Gasteiger partial charge >= 0.3 is 0 Å². The average molecular weight is 450 g/mol. The summed E-state index contributed by atoms with van der Waals surface area (Å²) in [6.07, 6.45) is 0. The summed E-state index contributed by atoms with van der Waals surface area (Å²) >= 11 is 6.03. The molecule has 0 radical (unpaired) electrons. The summed E-state index contributed by atoms with van der Waals surface area (Å²) in [4.78, 5) is 30.8. The first-order chi connectivity index (χ1) is 15.4. The van der Waals surface area contributed by atoms with Crippen LogP contribution in [0.25, 0.3) is 0 Å². The molecule has 1 amide bonds. The first kappa shape index (κ1) is 23.5. The van der Waals surface area contributed by atoms with E-state index >= 15 is 0 Å². The number of aromatic amines is 1. The first-order valence-corrected chi connectivity index (χ1v) is 11.0. The number of aromatic nitrogens is 1. The maximum absolute atomic E-state index is 13.0. The molecule has 32 heavy (non-hydrogen) atoms. The minimum Gasteiger partial charge on any atom is -0.341 e. The first-order valence-electron chi connectivity index (χ1n) is 10.6. The second-order valence-corrected chi connectivity index (χ2v) is 8.29. The molecule has 3 rings (SSSR count). The van der Waals surface area contributed by atoms with Gasteiger partial charge in [0, 0.05) is 23.8 Å². The highest BCUT2D eigenvalue weighted by atomic mass is 35.5. The number of benzene rings is 2. The smallest absolute Gasteiger partial charge is 0.261 e. The molecule has 0 aliphatic carbocycles. The summed E-state index contributed by atoms with van der Waals surface area (Å²) in [5.74, 6) is -0.434.